The van der Waals surface area contributed by atoms with E-state index in [1.54, 1.807) is 0 Å². The molecule has 0 fully saturated rings. The molecule has 0 rings (SSSR count). The Morgan fingerprint density at radius 2 is 1.32 bits per heavy atom. The van der Waals surface area contributed by atoms with Gasteiger partial charge in [-0.25, -0.2) is 0 Å². The lowest BCUT2D eigenvalue weighted by molar-refractivity contribution is -0.910. The van der Waals surface area contributed by atoms with Crippen LogP contribution >= 0.6 is 0 Å². The zero-order valence-corrected chi connectivity index (χ0v) is 14.3. The summed E-state index contributed by atoms with van der Waals surface area (Å²) < 4.78 is 1.15. The van der Waals surface area contributed by atoms with Gasteiger partial charge >= 0.3 is 0 Å². The monoisotopic (exact) mass is 335 g/mol. The SMILES string of the molecule is C=CCCCCCC[N+](C)(CCCN)CCCN.[Br-]. The van der Waals surface area contributed by atoms with Crippen molar-refractivity contribution < 1.29 is 21.5 Å². The first-order valence-electron chi connectivity index (χ1n) is 7.53. The van der Waals surface area contributed by atoms with E-state index in [2.05, 4.69) is 13.6 Å². The Bertz CT molecular complexity index is 190. The minimum Gasteiger partial charge on any atom is -1.00 e. The van der Waals surface area contributed by atoms with Gasteiger partial charge in [0, 0.05) is 12.8 Å². The van der Waals surface area contributed by atoms with E-state index in [-0.39, 0.29) is 17.0 Å². The molecule has 3 nitrogen and oxygen atoms in total. The topological polar surface area (TPSA) is 52.0 Å². The van der Waals surface area contributed by atoms with Crippen LogP contribution in [0.5, 0.6) is 0 Å². The van der Waals surface area contributed by atoms with E-state index in [4.69, 9.17) is 11.5 Å². The van der Waals surface area contributed by atoms with Crippen LogP contribution < -0.4 is 28.4 Å². The molecular weight excluding hydrogens is 302 g/mol. The minimum atomic E-state index is 0. The van der Waals surface area contributed by atoms with Gasteiger partial charge in [-0.2, -0.15) is 0 Å². The lowest BCUT2D eigenvalue weighted by atomic mass is 10.1. The van der Waals surface area contributed by atoms with Crippen LogP contribution in [0, 0.1) is 0 Å². The third kappa shape index (κ3) is 12.9. The second-order valence-electron chi connectivity index (χ2n) is 5.57. The van der Waals surface area contributed by atoms with Crippen molar-refractivity contribution in [3.8, 4) is 0 Å². The standard InChI is InChI=1S/C15H34N3.BrH/c1-3-4-5-6-7-8-13-18(2,14-9-11-16)15-10-12-17;/h3H,1,4-17H2,2H3;1H/q+1;/p-1. The maximum atomic E-state index is 5.63. The molecule has 0 spiro atoms. The highest BCUT2D eigenvalue weighted by atomic mass is 79.9. The molecule has 19 heavy (non-hydrogen) atoms. The molecule has 0 saturated heterocycles. The number of unbranched alkanes of at least 4 members (excludes halogenated alkanes) is 4. The zero-order chi connectivity index (χ0) is 13.7. The molecule has 0 aliphatic rings. The molecule has 0 unspecified atom stereocenters. The molecule has 0 aromatic rings. The van der Waals surface area contributed by atoms with Gasteiger partial charge in [0.05, 0.1) is 26.7 Å². The summed E-state index contributed by atoms with van der Waals surface area (Å²) in [5.74, 6) is 0. The predicted octanol–water partition coefficient (Wildman–Crippen LogP) is -0.729. The largest absolute Gasteiger partial charge is 1.00 e. The number of nitrogens with zero attached hydrogens (tertiary/aromatic N) is 1. The molecule has 0 heterocycles. The molecule has 4 N–H and O–H groups in total. The molecule has 116 valence electrons. The summed E-state index contributed by atoms with van der Waals surface area (Å²) in [6, 6.07) is 0. The summed E-state index contributed by atoms with van der Waals surface area (Å²) in [5.41, 5.74) is 11.3. The Balaban J connectivity index is 0. The van der Waals surface area contributed by atoms with Crippen molar-refractivity contribution in [3.63, 3.8) is 0 Å². The van der Waals surface area contributed by atoms with E-state index in [9.17, 15) is 0 Å². The highest BCUT2D eigenvalue weighted by Crippen LogP contribution is 2.11. The molecule has 0 aromatic carbocycles. The molecule has 0 radical (unpaired) electrons. The van der Waals surface area contributed by atoms with E-state index >= 15 is 0 Å². The number of allylic oxidation sites excluding steroid dienone is 1. The highest BCUT2D eigenvalue weighted by molar-refractivity contribution is 4.65. The fraction of sp³-hybridized carbons (Fsp3) is 0.867. The van der Waals surface area contributed by atoms with E-state index in [1.165, 1.54) is 45.3 Å². The molecule has 0 bridgehead atoms. The zero-order valence-electron chi connectivity index (χ0n) is 12.7. The van der Waals surface area contributed by atoms with Crippen molar-refractivity contribution in [2.24, 2.45) is 11.5 Å². The molecule has 0 aliphatic heterocycles. The van der Waals surface area contributed by atoms with Crippen LogP contribution in [0.4, 0.5) is 0 Å². The molecule has 4 heteroatoms. The second-order valence-corrected chi connectivity index (χ2v) is 5.57. The second kappa shape index (κ2) is 14.5. The first-order valence-corrected chi connectivity index (χ1v) is 7.53. The predicted molar refractivity (Wildman–Crippen MR) is 81.4 cm³/mol. The normalized spacial score (nSPS) is 11.1. The summed E-state index contributed by atoms with van der Waals surface area (Å²) in [7, 11) is 2.36. The van der Waals surface area contributed by atoms with Gasteiger partial charge in [0.15, 0.2) is 0 Å². The number of nitrogens with two attached hydrogens (primary N) is 2. The maximum Gasteiger partial charge on any atom is 0.0796 e. The maximum absolute atomic E-state index is 5.63. The number of hydrogen-bond donors (Lipinski definition) is 2. The Kier molecular flexibility index (Phi) is 16.3. The van der Waals surface area contributed by atoms with Gasteiger partial charge in [-0.15, -0.1) is 6.58 Å². The Morgan fingerprint density at radius 1 is 0.842 bits per heavy atom. The van der Waals surface area contributed by atoms with Crippen molar-refractivity contribution in [2.45, 2.75) is 44.9 Å². The van der Waals surface area contributed by atoms with Crippen LogP contribution in [-0.2, 0) is 0 Å². The van der Waals surface area contributed by atoms with Gasteiger partial charge in [-0.3, -0.25) is 0 Å². The lowest BCUT2D eigenvalue weighted by Gasteiger charge is -2.34. The van der Waals surface area contributed by atoms with Crippen LogP contribution in [0.25, 0.3) is 0 Å². The highest BCUT2D eigenvalue weighted by Gasteiger charge is 2.19. The third-order valence-electron chi connectivity index (χ3n) is 3.66. The van der Waals surface area contributed by atoms with Gasteiger partial charge in [0.25, 0.3) is 0 Å². The van der Waals surface area contributed by atoms with E-state index in [0.29, 0.717) is 0 Å². The summed E-state index contributed by atoms with van der Waals surface area (Å²) in [4.78, 5) is 0. The molecule has 0 saturated carbocycles. The van der Waals surface area contributed by atoms with Crippen LogP contribution in [0.3, 0.4) is 0 Å². The Hall–Kier alpha value is 0.100. The number of hydrogen-bond acceptors (Lipinski definition) is 2. The fourth-order valence-corrected chi connectivity index (χ4v) is 2.42. The Morgan fingerprint density at radius 3 is 1.79 bits per heavy atom. The summed E-state index contributed by atoms with van der Waals surface area (Å²) in [6.45, 7) is 9.03. The van der Waals surface area contributed by atoms with Gasteiger partial charge in [0.1, 0.15) is 0 Å². The molecule has 0 aliphatic carbocycles. The van der Waals surface area contributed by atoms with Crippen LogP contribution in [0.2, 0.25) is 0 Å². The van der Waals surface area contributed by atoms with Crippen molar-refractivity contribution in [1.29, 1.82) is 0 Å². The average molecular weight is 336 g/mol. The van der Waals surface area contributed by atoms with Crippen molar-refractivity contribution >= 4 is 0 Å². The number of halogens is 1. The first kappa shape index (κ1) is 21.4. The van der Waals surface area contributed by atoms with Crippen LogP contribution in [-0.4, -0.2) is 44.3 Å². The van der Waals surface area contributed by atoms with E-state index in [1.807, 2.05) is 6.08 Å². The smallest absolute Gasteiger partial charge is 0.0796 e. The average Bonchev–Trinajstić information content (AvgIpc) is 2.38. The van der Waals surface area contributed by atoms with Gasteiger partial charge in [0.2, 0.25) is 0 Å². The first-order chi connectivity index (χ1) is 8.68. The van der Waals surface area contributed by atoms with Gasteiger partial charge < -0.3 is 32.9 Å². The minimum absolute atomic E-state index is 0. The van der Waals surface area contributed by atoms with E-state index in [0.717, 1.165) is 36.8 Å². The summed E-state index contributed by atoms with van der Waals surface area (Å²) >= 11 is 0. The molecule has 0 aromatic heterocycles. The van der Waals surface area contributed by atoms with Crippen LogP contribution in [0.1, 0.15) is 44.9 Å². The van der Waals surface area contributed by atoms with E-state index < -0.39 is 0 Å². The summed E-state index contributed by atoms with van der Waals surface area (Å²) in [6.07, 6.45) is 10.7. The fourth-order valence-electron chi connectivity index (χ4n) is 2.42. The van der Waals surface area contributed by atoms with Crippen molar-refractivity contribution in [2.75, 3.05) is 39.8 Å². The quantitative estimate of drug-likeness (QED) is 0.265. The van der Waals surface area contributed by atoms with Crippen molar-refractivity contribution in [1.82, 2.24) is 0 Å². The molecular formula is C15H34BrN3. The Labute approximate surface area is 130 Å². The van der Waals surface area contributed by atoms with Crippen LogP contribution in [0.15, 0.2) is 12.7 Å². The van der Waals surface area contributed by atoms with Crippen molar-refractivity contribution in [3.05, 3.63) is 12.7 Å². The number of quaternary nitrogens is 1. The van der Waals surface area contributed by atoms with Gasteiger partial charge in [-0.1, -0.05) is 12.5 Å². The summed E-state index contributed by atoms with van der Waals surface area (Å²) in [5, 5.41) is 0. The lowest BCUT2D eigenvalue weighted by Crippen LogP contribution is -3.00. The number of rotatable bonds is 13. The van der Waals surface area contributed by atoms with Gasteiger partial charge in [-0.05, 0) is 38.8 Å². The third-order valence-corrected chi connectivity index (χ3v) is 3.66. The molecule has 0 atom stereocenters. The molecule has 0 amide bonds.